The molecule has 7 heteroatoms. The van der Waals surface area contributed by atoms with E-state index in [-0.39, 0.29) is 10.7 Å². The minimum absolute atomic E-state index is 0.0521. The zero-order valence-corrected chi connectivity index (χ0v) is 12.0. The fourth-order valence-corrected chi connectivity index (χ4v) is 4.02. The molecule has 0 atom stereocenters. The van der Waals surface area contributed by atoms with Crippen molar-refractivity contribution < 1.29 is 8.42 Å². The number of hydrogen-bond donors (Lipinski definition) is 1. The normalized spacial score (nSPS) is 14.6. The number of aryl methyl sites for hydroxylation is 1. The molecule has 1 aliphatic heterocycles. The molecule has 20 heavy (non-hydrogen) atoms. The highest BCUT2D eigenvalue weighted by Crippen LogP contribution is 2.33. The van der Waals surface area contributed by atoms with E-state index < -0.39 is 10.0 Å². The second-order valence-corrected chi connectivity index (χ2v) is 6.52. The fourth-order valence-electron chi connectivity index (χ4n) is 2.46. The molecule has 2 heterocycles. The molecular formula is C13H16N4O2S. The van der Waals surface area contributed by atoms with Crippen molar-refractivity contribution in [3.8, 4) is 0 Å². The van der Waals surface area contributed by atoms with Crippen molar-refractivity contribution >= 4 is 21.5 Å². The summed E-state index contributed by atoms with van der Waals surface area (Å²) in [5.74, 6) is 0.0521. The van der Waals surface area contributed by atoms with Crippen LogP contribution in [0.3, 0.4) is 0 Å². The van der Waals surface area contributed by atoms with Crippen molar-refractivity contribution in [2.24, 2.45) is 0 Å². The molecular weight excluding hydrogens is 276 g/mol. The van der Waals surface area contributed by atoms with Gasteiger partial charge in [0.2, 0.25) is 0 Å². The average molecular weight is 292 g/mol. The second-order valence-electron chi connectivity index (χ2n) is 4.69. The van der Waals surface area contributed by atoms with Crippen LogP contribution in [0.4, 0.5) is 11.5 Å². The predicted molar refractivity (Wildman–Crippen MR) is 77.0 cm³/mol. The van der Waals surface area contributed by atoms with Gasteiger partial charge in [0, 0.05) is 19.3 Å². The highest BCUT2D eigenvalue weighted by atomic mass is 32.2. The van der Waals surface area contributed by atoms with Crippen LogP contribution in [-0.2, 0) is 23.0 Å². The van der Waals surface area contributed by atoms with E-state index in [2.05, 4.69) is 5.10 Å². The number of fused-ring (bicyclic) bond motifs is 1. The molecule has 0 aliphatic carbocycles. The lowest BCUT2D eigenvalue weighted by molar-refractivity contribution is 0.592. The summed E-state index contributed by atoms with van der Waals surface area (Å²) >= 11 is 0. The Hall–Kier alpha value is -2.02. The minimum atomic E-state index is -3.65. The first kappa shape index (κ1) is 13.0. The van der Waals surface area contributed by atoms with Crippen LogP contribution in [0, 0.1) is 0 Å². The van der Waals surface area contributed by atoms with E-state index in [1.54, 1.807) is 0 Å². The van der Waals surface area contributed by atoms with Gasteiger partial charge in [0.25, 0.3) is 10.0 Å². The van der Waals surface area contributed by atoms with Crippen molar-refractivity contribution in [1.29, 1.82) is 0 Å². The Kier molecular flexibility index (Phi) is 2.93. The van der Waals surface area contributed by atoms with Crippen molar-refractivity contribution in [1.82, 2.24) is 9.78 Å². The Balaban J connectivity index is 2.07. The summed E-state index contributed by atoms with van der Waals surface area (Å²) in [5, 5.41) is 4.01. The zero-order chi connectivity index (χ0) is 14.3. The van der Waals surface area contributed by atoms with Gasteiger partial charge < -0.3 is 5.73 Å². The maximum atomic E-state index is 12.7. The third kappa shape index (κ3) is 1.85. The van der Waals surface area contributed by atoms with Crippen LogP contribution in [0.2, 0.25) is 0 Å². The molecule has 6 nitrogen and oxygen atoms in total. The molecule has 0 radical (unpaired) electrons. The zero-order valence-electron chi connectivity index (χ0n) is 11.2. The Labute approximate surface area is 117 Å². The highest BCUT2D eigenvalue weighted by molar-refractivity contribution is 7.93. The fraction of sp³-hybridized carbons (Fsp3) is 0.308. The molecule has 0 unspecified atom stereocenters. The number of anilines is 2. The molecule has 0 saturated heterocycles. The summed E-state index contributed by atoms with van der Waals surface area (Å²) < 4.78 is 28.4. The number of nitrogens with two attached hydrogens (primary N) is 1. The first-order chi connectivity index (χ1) is 9.54. The molecule has 1 aliphatic rings. The van der Waals surface area contributed by atoms with E-state index >= 15 is 0 Å². The number of rotatable bonds is 3. The average Bonchev–Trinajstić information content (AvgIpc) is 3.02. The van der Waals surface area contributed by atoms with Gasteiger partial charge in [-0.15, -0.1) is 0 Å². The van der Waals surface area contributed by atoms with Crippen molar-refractivity contribution in [2.75, 3.05) is 16.6 Å². The molecule has 0 saturated carbocycles. The lowest BCUT2D eigenvalue weighted by atomic mass is 10.2. The van der Waals surface area contributed by atoms with Crippen molar-refractivity contribution in [3.63, 3.8) is 0 Å². The summed E-state index contributed by atoms with van der Waals surface area (Å²) in [7, 11) is -3.65. The van der Waals surface area contributed by atoms with Gasteiger partial charge >= 0.3 is 0 Å². The molecule has 0 spiro atoms. The topological polar surface area (TPSA) is 81.2 Å². The number of nitrogen functional groups attached to an aromatic ring is 1. The van der Waals surface area contributed by atoms with E-state index in [1.807, 2.05) is 31.2 Å². The summed E-state index contributed by atoms with van der Waals surface area (Å²) in [4.78, 5) is 0.0797. The Morgan fingerprint density at radius 3 is 2.80 bits per heavy atom. The molecule has 0 fully saturated rings. The predicted octanol–water partition coefficient (Wildman–Crippen LogP) is 1.24. The van der Waals surface area contributed by atoms with Crippen molar-refractivity contribution in [2.45, 2.75) is 24.8 Å². The van der Waals surface area contributed by atoms with Crippen LogP contribution < -0.4 is 10.0 Å². The highest BCUT2D eigenvalue weighted by Gasteiger charge is 2.33. The first-order valence-electron chi connectivity index (χ1n) is 6.47. The van der Waals surface area contributed by atoms with E-state index in [1.165, 1.54) is 15.2 Å². The third-order valence-corrected chi connectivity index (χ3v) is 5.32. The van der Waals surface area contributed by atoms with Crippen LogP contribution in [0.5, 0.6) is 0 Å². The molecule has 3 rings (SSSR count). The van der Waals surface area contributed by atoms with Gasteiger partial charge in [0.1, 0.15) is 4.90 Å². The lowest BCUT2D eigenvalue weighted by Gasteiger charge is -2.18. The Morgan fingerprint density at radius 2 is 2.10 bits per heavy atom. The molecule has 1 aromatic heterocycles. The van der Waals surface area contributed by atoms with Gasteiger partial charge in [-0.1, -0.05) is 18.2 Å². The summed E-state index contributed by atoms with van der Waals surface area (Å²) in [5.41, 5.74) is 7.52. The number of benzene rings is 1. The number of para-hydroxylation sites is 1. The Bertz CT molecular complexity index is 751. The molecule has 2 aromatic rings. The smallest absolute Gasteiger partial charge is 0.269 e. The van der Waals surface area contributed by atoms with Gasteiger partial charge in [-0.05, 0) is 25.0 Å². The standard InChI is InChI=1S/C13H16N4O2S/c1-2-16-9-12(13(14)15-16)20(18,19)17-8-7-10-5-3-4-6-11(10)17/h3-6,9H,2,7-8H2,1H3,(H2,14,15). The van der Waals surface area contributed by atoms with Crippen LogP contribution in [0.25, 0.3) is 0 Å². The summed E-state index contributed by atoms with van der Waals surface area (Å²) in [6, 6.07) is 7.52. The van der Waals surface area contributed by atoms with E-state index in [0.29, 0.717) is 13.1 Å². The molecule has 0 amide bonds. The lowest BCUT2D eigenvalue weighted by Crippen LogP contribution is -2.29. The van der Waals surface area contributed by atoms with Crippen LogP contribution in [-0.4, -0.2) is 24.7 Å². The largest absolute Gasteiger partial charge is 0.381 e. The van der Waals surface area contributed by atoms with E-state index in [9.17, 15) is 8.42 Å². The first-order valence-corrected chi connectivity index (χ1v) is 7.91. The van der Waals surface area contributed by atoms with Gasteiger partial charge in [-0.2, -0.15) is 5.10 Å². The second kappa shape index (κ2) is 4.52. The van der Waals surface area contributed by atoms with Gasteiger partial charge in [-0.3, -0.25) is 8.99 Å². The SMILES string of the molecule is CCn1cc(S(=O)(=O)N2CCc3ccccc32)c(N)n1. The van der Waals surface area contributed by atoms with Crippen LogP contribution in [0.1, 0.15) is 12.5 Å². The monoisotopic (exact) mass is 292 g/mol. The molecule has 106 valence electrons. The quantitative estimate of drug-likeness (QED) is 0.922. The molecule has 1 aromatic carbocycles. The minimum Gasteiger partial charge on any atom is -0.381 e. The van der Waals surface area contributed by atoms with Crippen molar-refractivity contribution in [3.05, 3.63) is 36.0 Å². The maximum absolute atomic E-state index is 12.7. The third-order valence-electron chi connectivity index (χ3n) is 3.49. The van der Waals surface area contributed by atoms with Gasteiger partial charge in [0.05, 0.1) is 5.69 Å². The van der Waals surface area contributed by atoms with E-state index in [4.69, 9.17) is 5.73 Å². The molecule has 2 N–H and O–H groups in total. The Morgan fingerprint density at radius 1 is 1.35 bits per heavy atom. The van der Waals surface area contributed by atoms with E-state index in [0.717, 1.165) is 17.7 Å². The van der Waals surface area contributed by atoms with Crippen LogP contribution >= 0.6 is 0 Å². The molecule has 0 bridgehead atoms. The van der Waals surface area contributed by atoms with Crippen LogP contribution in [0.15, 0.2) is 35.4 Å². The van der Waals surface area contributed by atoms with Gasteiger partial charge in [-0.25, -0.2) is 8.42 Å². The maximum Gasteiger partial charge on any atom is 0.269 e. The van der Waals surface area contributed by atoms with Gasteiger partial charge in [0.15, 0.2) is 5.82 Å². The number of sulfonamides is 1. The number of nitrogens with zero attached hydrogens (tertiary/aromatic N) is 3. The summed E-state index contributed by atoms with van der Waals surface area (Å²) in [6.45, 7) is 2.91. The number of hydrogen-bond acceptors (Lipinski definition) is 4. The summed E-state index contributed by atoms with van der Waals surface area (Å²) in [6.07, 6.45) is 2.21. The number of aromatic nitrogens is 2.